The zero-order valence-electron chi connectivity index (χ0n) is 10.4. The number of nitrogens with one attached hydrogen (secondary N) is 2. The van der Waals surface area contributed by atoms with Gasteiger partial charge in [0.05, 0.1) is 0 Å². The van der Waals surface area contributed by atoms with Crippen molar-refractivity contribution in [3.63, 3.8) is 0 Å². The van der Waals surface area contributed by atoms with Gasteiger partial charge in [-0.2, -0.15) is 0 Å². The number of alkyl carbamates (subject to hydrolysis) is 1. The molecule has 0 aromatic carbocycles. The Kier molecular flexibility index (Phi) is 3.10. The summed E-state index contributed by atoms with van der Waals surface area (Å²) >= 11 is 0. The number of amides is 1. The molecular weight excluding hydrogens is 204 g/mol. The van der Waals surface area contributed by atoms with E-state index in [9.17, 15) is 4.79 Å². The van der Waals surface area contributed by atoms with Gasteiger partial charge in [-0.1, -0.05) is 0 Å². The van der Waals surface area contributed by atoms with Crippen LogP contribution in [0.2, 0.25) is 0 Å². The molecule has 1 unspecified atom stereocenters. The highest BCUT2D eigenvalue weighted by molar-refractivity contribution is 5.68. The zero-order chi connectivity index (χ0) is 11.8. The van der Waals surface area contributed by atoms with Crippen LogP contribution in [0.25, 0.3) is 0 Å². The first kappa shape index (κ1) is 11.7. The van der Waals surface area contributed by atoms with E-state index >= 15 is 0 Å². The van der Waals surface area contributed by atoms with Gasteiger partial charge >= 0.3 is 6.09 Å². The maximum absolute atomic E-state index is 11.6. The Labute approximate surface area is 97.1 Å². The molecule has 1 saturated carbocycles. The topological polar surface area (TPSA) is 50.4 Å². The van der Waals surface area contributed by atoms with Crippen LogP contribution in [0.3, 0.4) is 0 Å². The van der Waals surface area contributed by atoms with E-state index in [0.29, 0.717) is 6.04 Å². The van der Waals surface area contributed by atoms with Crippen molar-refractivity contribution in [2.45, 2.75) is 45.3 Å². The SMILES string of the molecule is CC(C)(C)OC(=O)NC1C[C@H]2CNC[C@H]2C1. The van der Waals surface area contributed by atoms with Crippen molar-refractivity contribution in [3.05, 3.63) is 0 Å². The largest absolute Gasteiger partial charge is 0.444 e. The summed E-state index contributed by atoms with van der Waals surface area (Å²) in [4.78, 5) is 11.6. The number of hydrogen-bond donors (Lipinski definition) is 2. The lowest BCUT2D eigenvalue weighted by Crippen LogP contribution is -2.38. The highest BCUT2D eigenvalue weighted by Crippen LogP contribution is 2.34. The summed E-state index contributed by atoms with van der Waals surface area (Å²) < 4.78 is 5.26. The second kappa shape index (κ2) is 4.24. The van der Waals surface area contributed by atoms with E-state index in [4.69, 9.17) is 4.74 Å². The summed E-state index contributed by atoms with van der Waals surface area (Å²) in [6.07, 6.45) is 1.92. The summed E-state index contributed by atoms with van der Waals surface area (Å²) in [5.74, 6) is 1.50. The fraction of sp³-hybridized carbons (Fsp3) is 0.917. The Bertz CT molecular complexity index is 261. The molecule has 2 fully saturated rings. The molecular formula is C12H22N2O2. The summed E-state index contributed by atoms with van der Waals surface area (Å²) in [5, 5.41) is 6.37. The van der Waals surface area contributed by atoms with Crippen LogP contribution in [0.15, 0.2) is 0 Å². The lowest BCUT2D eigenvalue weighted by molar-refractivity contribution is 0.0503. The second-order valence-electron chi connectivity index (χ2n) is 5.99. The molecule has 0 aromatic heterocycles. The van der Waals surface area contributed by atoms with Crippen molar-refractivity contribution in [2.24, 2.45) is 11.8 Å². The summed E-state index contributed by atoms with van der Waals surface area (Å²) in [5.41, 5.74) is -0.403. The van der Waals surface area contributed by atoms with Crippen molar-refractivity contribution >= 4 is 6.09 Å². The van der Waals surface area contributed by atoms with E-state index in [1.165, 1.54) is 0 Å². The van der Waals surface area contributed by atoms with Crippen molar-refractivity contribution in [1.29, 1.82) is 0 Å². The number of hydrogen-bond acceptors (Lipinski definition) is 3. The van der Waals surface area contributed by atoms with Gasteiger partial charge in [0.25, 0.3) is 0 Å². The number of rotatable bonds is 1. The molecule has 2 N–H and O–H groups in total. The fourth-order valence-electron chi connectivity index (χ4n) is 2.76. The number of carbonyl (C=O) groups excluding carboxylic acids is 1. The van der Waals surface area contributed by atoms with Crippen LogP contribution < -0.4 is 10.6 Å². The molecule has 1 amide bonds. The Balaban J connectivity index is 1.77. The van der Waals surface area contributed by atoms with Crippen LogP contribution in [0, 0.1) is 11.8 Å². The summed E-state index contributed by atoms with van der Waals surface area (Å²) in [6, 6.07) is 0.312. The van der Waals surface area contributed by atoms with Gasteiger partial charge in [0.1, 0.15) is 5.60 Å². The highest BCUT2D eigenvalue weighted by atomic mass is 16.6. The third-order valence-electron chi connectivity index (χ3n) is 3.38. The van der Waals surface area contributed by atoms with Gasteiger partial charge in [-0.05, 0) is 58.5 Å². The molecule has 0 aromatic rings. The normalized spacial score (nSPS) is 33.6. The quantitative estimate of drug-likeness (QED) is 0.712. The Hall–Kier alpha value is -0.770. The molecule has 0 radical (unpaired) electrons. The van der Waals surface area contributed by atoms with Gasteiger partial charge in [0.15, 0.2) is 0 Å². The maximum Gasteiger partial charge on any atom is 0.407 e. The van der Waals surface area contributed by atoms with E-state index in [1.807, 2.05) is 20.8 Å². The smallest absolute Gasteiger partial charge is 0.407 e. The first-order valence-corrected chi connectivity index (χ1v) is 6.14. The molecule has 1 heterocycles. The minimum absolute atomic E-state index is 0.273. The molecule has 2 rings (SSSR count). The number of carbonyl (C=O) groups is 1. The maximum atomic E-state index is 11.6. The van der Waals surface area contributed by atoms with Crippen molar-refractivity contribution in [1.82, 2.24) is 10.6 Å². The van der Waals surface area contributed by atoms with E-state index in [2.05, 4.69) is 10.6 Å². The summed E-state index contributed by atoms with van der Waals surface area (Å²) in [7, 11) is 0. The van der Waals surface area contributed by atoms with Crippen LogP contribution in [0.1, 0.15) is 33.6 Å². The Morgan fingerprint density at radius 1 is 1.25 bits per heavy atom. The third-order valence-corrected chi connectivity index (χ3v) is 3.38. The van der Waals surface area contributed by atoms with Crippen LogP contribution >= 0.6 is 0 Å². The Morgan fingerprint density at radius 3 is 2.31 bits per heavy atom. The summed E-state index contributed by atoms with van der Waals surface area (Å²) in [6.45, 7) is 7.88. The number of ether oxygens (including phenoxy) is 1. The molecule has 16 heavy (non-hydrogen) atoms. The van der Waals surface area contributed by atoms with Crippen LogP contribution in [-0.2, 0) is 4.74 Å². The van der Waals surface area contributed by atoms with E-state index in [-0.39, 0.29) is 6.09 Å². The molecule has 2 aliphatic rings. The first-order valence-electron chi connectivity index (χ1n) is 6.14. The van der Waals surface area contributed by atoms with Crippen molar-refractivity contribution < 1.29 is 9.53 Å². The third kappa shape index (κ3) is 2.88. The molecule has 4 heteroatoms. The average molecular weight is 226 g/mol. The van der Waals surface area contributed by atoms with Crippen LogP contribution in [0.5, 0.6) is 0 Å². The van der Waals surface area contributed by atoms with Crippen LogP contribution in [-0.4, -0.2) is 30.8 Å². The first-order chi connectivity index (χ1) is 7.44. The van der Waals surface area contributed by atoms with E-state index in [1.54, 1.807) is 0 Å². The van der Waals surface area contributed by atoms with Gasteiger partial charge in [-0.25, -0.2) is 4.79 Å². The van der Waals surface area contributed by atoms with Gasteiger partial charge in [-0.15, -0.1) is 0 Å². The molecule has 1 aliphatic carbocycles. The number of fused-ring (bicyclic) bond motifs is 1. The minimum Gasteiger partial charge on any atom is -0.444 e. The van der Waals surface area contributed by atoms with Crippen molar-refractivity contribution in [2.75, 3.05) is 13.1 Å². The predicted octanol–water partition coefficient (Wildman–Crippen LogP) is 1.51. The lowest BCUT2D eigenvalue weighted by Gasteiger charge is -2.22. The van der Waals surface area contributed by atoms with Crippen molar-refractivity contribution in [3.8, 4) is 0 Å². The fourth-order valence-corrected chi connectivity index (χ4v) is 2.76. The molecule has 1 aliphatic heterocycles. The predicted molar refractivity (Wildman–Crippen MR) is 62.2 cm³/mol. The average Bonchev–Trinajstić information content (AvgIpc) is 2.58. The molecule has 3 atom stereocenters. The minimum atomic E-state index is -0.403. The molecule has 0 bridgehead atoms. The van der Waals surface area contributed by atoms with Gasteiger partial charge in [0, 0.05) is 6.04 Å². The molecule has 0 spiro atoms. The lowest BCUT2D eigenvalue weighted by atomic mass is 10.0. The second-order valence-corrected chi connectivity index (χ2v) is 5.99. The van der Waals surface area contributed by atoms with Gasteiger partial charge < -0.3 is 15.4 Å². The van der Waals surface area contributed by atoms with Crippen LogP contribution in [0.4, 0.5) is 4.79 Å². The monoisotopic (exact) mass is 226 g/mol. The molecule has 92 valence electrons. The highest BCUT2D eigenvalue weighted by Gasteiger charge is 2.38. The molecule has 4 nitrogen and oxygen atoms in total. The van der Waals surface area contributed by atoms with E-state index in [0.717, 1.165) is 37.8 Å². The Morgan fingerprint density at radius 2 is 1.81 bits per heavy atom. The standard InChI is InChI=1S/C12H22N2O2/c1-12(2,3)16-11(15)14-10-4-8-6-13-7-9(8)5-10/h8-10,13H,4-7H2,1-3H3,(H,14,15)/t8-,9+,10?. The van der Waals surface area contributed by atoms with Gasteiger partial charge in [0.2, 0.25) is 0 Å². The molecule has 1 saturated heterocycles. The van der Waals surface area contributed by atoms with Gasteiger partial charge in [-0.3, -0.25) is 0 Å². The zero-order valence-corrected chi connectivity index (χ0v) is 10.4. The van der Waals surface area contributed by atoms with E-state index < -0.39 is 5.60 Å².